The Balaban J connectivity index is 1.32. The molecule has 1 aliphatic heterocycles. The normalized spacial score (nSPS) is 35.5. The molecule has 1 aromatic carbocycles. The molecule has 5 unspecified atom stereocenters. The lowest BCUT2D eigenvalue weighted by Gasteiger charge is -2.26. The molecule has 2 bridgehead atoms. The first kappa shape index (κ1) is 16.1. The quantitative estimate of drug-likeness (QED) is 0.871. The number of nitrogens with zero attached hydrogens (tertiary/aromatic N) is 1. The van der Waals surface area contributed by atoms with Crippen molar-refractivity contribution in [3.63, 3.8) is 0 Å². The number of carbonyl (C=O) groups is 1. The van der Waals surface area contributed by atoms with Crippen LogP contribution in [0.15, 0.2) is 30.3 Å². The first-order valence-corrected chi connectivity index (χ1v) is 9.43. The van der Waals surface area contributed by atoms with Crippen molar-refractivity contribution in [2.75, 3.05) is 13.1 Å². The molecule has 0 spiro atoms. The molecule has 5 atom stereocenters. The first-order valence-electron chi connectivity index (χ1n) is 9.43. The van der Waals surface area contributed by atoms with E-state index < -0.39 is 0 Å². The zero-order valence-corrected chi connectivity index (χ0v) is 14.2. The van der Waals surface area contributed by atoms with Crippen molar-refractivity contribution in [3.05, 3.63) is 35.9 Å². The Hall–Kier alpha value is -1.39. The Morgan fingerprint density at radius 3 is 2.71 bits per heavy atom. The molecule has 0 radical (unpaired) electrons. The Morgan fingerprint density at radius 2 is 2.00 bits per heavy atom. The van der Waals surface area contributed by atoms with Crippen molar-refractivity contribution in [2.24, 2.45) is 17.8 Å². The van der Waals surface area contributed by atoms with Crippen LogP contribution in [0, 0.1) is 17.8 Å². The number of fused-ring (bicyclic) bond motifs is 2. The molecule has 1 saturated heterocycles. The molecule has 1 amide bonds. The van der Waals surface area contributed by atoms with Gasteiger partial charge < -0.3 is 10.4 Å². The van der Waals surface area contributed by atoms with E-state index in [9.17, 15) is 9.90 Å². The minimum atomic E-state index is -0.280. The molecule has 2 aliphatic carbocycles. The van der Waals surface area contributed by atoms with Crippen LogP contribution in [0.3, 0.4) is 0 Å². The van der Waals surface area contributed by atoms with Gasteiger partial charge >= 0.3 is 0 Å². The van der Waals surface area contributed by atoms with Gasteiger partial charge in [0.1, 0.15) is 0 Å². The van der Waals surface area contributed by atoms with Crippen LogP contribution in [0.5, 0.6) is 0 Å². The summed E-state index contributed by atoms with van der Waals surface area (Å²) in [6.45, 7) is 2.20. The van der Waals surface area contributed by atoms with E-state index in [-0.39, 0.29) is 24.0 Å². The molecule has 2 saturated carbocycles. The molecule has 0 aromatic heterocycles. The number of benzene rings is 1. The number of hydrogen-bond acceptors (Lipinski definition) is 3. The van der Waals surface area contributed by atoms with E-state index in [0.717, 1.165) is 25.3 Å². The van der Waals surface area contributed by atoms with E-state index in [2.05, 4.69) is 22.3 Å². The third kappa shape index (κ3) is 3.35. The van der Waals surface area contributed by atoms with Crippen LogP contribution in [0.25, 0.3) is 0 Å². The summed E-state index contributed by atoms with van der Waals surface area (Å²) in [5, 5.41) is 13.3. The van der Waals surface area contributed by atoms with E-state index in [1.165, 1.54) is 24.8 Å². The van der Waals surface area contributed by atoms with Crippen molar-refractivity contribution >= 4 is 5.91 Å². The van der Waals surface area contributed by atoms with Crippen molar-refractivity contribution in [1.29, 1.82) is 0 Å². The highest BCUT2D eigenvalue weighted by atomic mass is 16.3. The molecule has 24 heavy (non-hydrogen) atoms. The first-order chi connectivity index (χ1) is 11.7. The lowest BCUT2D eigenvalue weighted by Crippen LogP contribution is -2.42. The molecule has 4 heteroatoms. The van der Waals surface area contributed by atoms with Gasteiger partial charge in [-0.1, -0.05) is 36.8 Å². The predicted molar refractivity (Wildman–Crippen MR) is 93.2 cm³/mol. The zero-order valence-electron chi connectivity index (χ0n) is 14.2. The van der Waals surface area contributed by atoms with E-state index in [1.54, 1.807) is 0 Å². The summed E-state index contributed by atoms with van der Waals surface area (Å²) in [5.74, 6) is 1.93. The van der Waals surface area contributed by atoms with Crippen molar-refractivity contribution in [2.45, 2.75) is 50.8 Å². The van der Waals surface area contributed by atoms with Gasteiger partial charge in [-0.3, -0.25) is 9.69 Å². The summed E-state index contributed by atoms with van der Waals surface area (Å²) in [4.78, 5) is 14.9. The van der Waals surface area contributed by atoms with Gasteiger partial charge in [0.05, 0.1) is 6.10 Å². The standard InChI is InChI=1S/C20H28N2O2/c23-18-10-17(22(13-18)12-14-4-2-1-3-5-14)11-21-20(24)19-9-15-6-7-16(19)8-15/h1-5,15-19,23H,6-13H2,(H,21,24). The molecule has 4 nitrogen and oxygen atoms in total. The smallest absolute Gasteiger partial charge is 0.223 e. The van der Waals surface area contributed by atoms with Crippen LogP contribution in [-0.4, -0.2) is 41.1 Å². The van der Waals surface area contributed by atoms with E-state index in [1.807, 2.05) is 18.2 Å². The highest BCUT2D eigenvalue weighted by Gasteiger charge is 2.43. The summed E-state index contributed by atoms with van der Waals surface area (Å²) >= 11 is 0. The number of likely N-dealkylation sites (tertiary alicyclic amines) is 1. The van der Waals surface area contributed by atoms with Crippen LogP contribution < -0.4 is 5.32 Å². The van der Waals surface area contributed by atoms with Crippen molar-refractivity contribution < 1.29 is 9.90 Å². The monoisotopic (exact) mass is 328 g/mol. The van der Waals surface area contributed by atoms with Gasteiger partial charge in [-0.25, -0.2) is 0 Å². The Morgan fingerprint density at radius 1 is 1.17 bits per heavy atom. The maximum absolute atomic E-state index is 12.5. The summed E-state index contributed by atoms with van der Waals surface area (Å²) in [7, 11) is 0. The van der Waals surface area contributed by atoms with Crippen LogP contribution >= 0.6 is 0 Å². The SMILES string of the molecule is O=C(NCC1CC(O)CN1Cc1ccccc1)C1CC2CCC1C2. The second kappa shape index (κ2) is 6.85. The van der Waals surface area contributed by atoms with Crippen molar-refractivity contribution in [1.82, 2.24) is 10.2 Å². The average molecular weight is 328 g/mol. The molecule has 130 valence electrons. The topological polar surface area (TPSA) is 52.6 Å². The largest absolute Gasteiger partial charge is 0.392 e. The summed E-state index contributed by atoms with van der Waals surface area (Å²) in [5.41, 5.74) is 1.26. The van der Waals surface area contributed by atoms with Gasteiger partial charge in [-0.05, 0) is 43.1 Å². The number of nitrogens with one attached hydrogen (secondary N) is 1. The lowest BCUT2D eigenvalue weighted by atomic mass is 9.88. The van der Waals surface area contributed by atoms with Crippen LogP contribution in [0.4, 0.5) is 0 Å². The van der Waals surface area contributed by atoms with Crippen LogP contribution in [0.1, 0.15) is 37.7 Å². The molecule has 4 rings (SSSR count). The molecule has 2 N–H and O–H groups in total. The molecule has 1 heterocycles. The van der Waals surface area contributed by atoms with E-state index >= 15 is 0 Å². The predicted octanol–water partition coefficient (Wildman–Crippen LogP) is 2.17. The van der Waals surface area contributed by atoms with Crippen LogP contribution in [0.2, 0.25) is 0 Å². The number of β-amino-alcohol motifs (C(OH)–C–C–N with tert-alkyl or cyclic N) is 1. The minimum absolute atomic E-state index is 0.239. The third-order valence-electron chi connectivity index (χ3n) is 6.32. The Kier molecular flexibility index (Phi) is 4.59. The number of hydrogen-bond donors (Lipinski definition) is 2. The second-order valence-electron chi connectivity index (χ2n) is 7.98. The van der Waals surface area contributed by atoms with E-state index in [0.29, 0.717) is 19.0 Å². The maximum atomic E-state index is 12.5. The Bertz CT molecular complexity index is 576. The van der Waals surface area contributed by atoms with Crippen LogP contribution in [-0.2, 0) is 11.3 Å². The second-order valence-corrected chi connectivity index (χ2v) is 7.98. The average Bonchev–Trinajstić information content (AvgIpc) is 3.29. The number of aliphatic hydroxyl groups excluding tert-OH is 1. The lowest BCUT2D eigenvalue weighted by molar-refractivity contribution is -0.126. The van der Waals surface area contributed by atoms with Gasteiger partial charge in [0, 0.05) is 31.6 Å². The van der Waals surface area contributed by atoms with Gasteiger partial charge in [0.15, 0.2) is 0 Å². The summed E-state index contributed by atoms with van der Waals surface area (Å²) < 4.78 is 0. The Labute approximate surface area is 144 Å². The number of amides is 1. The summed E-state index contributed by atoms with van der Waals surface area (Å²) in [6, 6.07) is 10.6. The zero-order chi connectivity index (χ0) is 16.5. The molecular weight excluding hydrogens is 300 g/mol. The molecular formula is C20H28N2O2. The minimum Gasteiger partial charge on any atom is -0.392 e. The summed E-state index contributed by atoms with van der Waals surface area (Å²) in [6.07, 6.45) is 5.40. The van der Waals surface area contributed by atoms with Gasteiger partial charge in [-0.15, -0.1) is 0 Å². The molecule has 3 fully saturated rings. The fourth-order valence-electron chi connectivity index (χ4n) is 5.10. The fraction of sp³-hybridized carbons (Fsp3) is 0.650. The van der Waals surface area contributed by atoms with Gasteiger partial charge in [0.25, 0.3) is 0 Å². The number of rotatable bonds is 5. The van der Waals surface area contributed by atoms with Gasteiger partial charge in [-0.2, -0.15) is 0 Å². The highest BCUT2D eigenvalue weighted by molar-refractivity contribution is 5.79. The van der Waals surface area contributed by atoms with E-state index in [4.69, 9.17) is 0 Å². The fourth-order valence-corrected chi connectivity index (χ4v) is 5.10. The highest BCUT2D eigenvalue weighted by Crippen LogP contribution is 2.48. The maximum Gasteiger partial charge on any atom is 0.223 e. The number of carbonyl (C=O) groups excluding carboxylic acids is 1. The third-order valence-corrected chi connectivity index (χ3v) is 6.32. The number of aliphatic hydroxyl groups is 1. The molecule has 1 aromatic rings. The van der Waals surface area contributed by atoms with Gasteiger partial charge in [0.2, 0.25) is 5.91 Å². The van der Waals surface area contributed by atoms with Crippen molar-refractivity contribution in [3.8, 4) is 0 Å². The molecule has 3 aliphatic rings.